The summed E-state index contributed by atoms with van der Waals surface area (Å²) in [7, 11) is 0. The molecule has 0 saturated carbocycles. The Kier molecular flexibility index (Phi) is 6.67. The van der Waals surface area contributed by atoms with E-state index in [9.17, 15) is 0 Å². The van der Waals surface area contributed by atoms with Crippen LogP contribution in [0.3, 0.4) is 0 Å². The lowest BCUT2D eigenvalue weighted by molar-refractivity contribution is 0.332. The van der Waals surface area contributed by atoms with E-state index in [0.29, 0.717) is 12.5 Å². The molecule has 3 heteroatoms. The second-order valence-electron chi connectivity index (χ2n) is 5.01. The molecule has 0 aliphatic carbocycles. The monoisotopic (exact) mass is 283 g/mol. The summed E-state index contributed by atoms with van der Waals surface area (Å²) in [6.45, 7) is 9.77. The second-order valence-corrected chi connectivity index (χ2v) is 5.39. The quantitative estimate of drug-likeness (QED) is 0.794. The molecule has 0 amide bonds. The van der Waals surface area contributed by atoms with Crippen molar-refractivity contribution < 1.29 is 4.74 Å². The maximum absolute atomic E-state index is 6.41. The average Bonchev–Trinajstić information content (AvgIpc) is 2.40. The lowest BCUT2D eigenvalue weighted by atomic mass is 9.87. The van der Waals surface area contributed by atoms with E-state index in [1.54, 1.807) is 0 Å². The highest BCUT2D eigenvalue weighted by Crippen LogP contribution is 2.39. The summed E-state index contributed by atoms with van der Waals surface area (Å²) >= 11 is 6.41. The van der Waals surface area contributed by atoms with Crippen molar-refractivity contribution >= 4 is 11.6 Å². The van der Waals surface area contributed by atoms with Crippen LogP contribution in [0.4, 0.5) is 0 Å². The fourth-order valence-electron chi connectivity index (χ4n) is 2.64. The van der Waals surface area contributed by atoms with Gasteiger partial charge >= 0.3 is 0 Å². The van der Waals surface area contributed by atoms with Gasteiger partial charge in [0, 0.05) is 10.6 Å². The fourth-order valence-corrected chi connectivity index (χ4v) is 2.79. The van der Waals surface area contributed by atoms with Crippen molar-refractivity contribution in [2.75, 3.05) is 13.2 Å². The third-order valence-electron chi connectivity index (χ3n) is 3.65. The van der Waals surface area contributed by atoms with Crippen LogP contribution in [0.15, 0.2) is 6.07 Å². The first-order valence-electron chi connectivity index (χ1n) is 7.19. The predicted molar refractivity (Wildman–Crippen MR) is 83.4 cm³/mol. The van der Waals surface area contributed by atoms with E-state index in [1.165, 1.54) is 5.56 Å². The van der Waals surface area contributed by atoms with Crippen LogP contribution in [0.1, 0.15) is 55.7 Å². The lowest BCUT2D eigenvalue weighted by Gasteiger charge is -2.23. The minimum atomic E-state index is 0.475. The Morgan fingerprint density at radius 3 is 2.53 bits per heavy atom. The molecule has 0 fully saturated rings. The molecular formula is C16H26ClNO. The summed E-state index contributed by atoms with van der Waals surface area (Å²) in [4.78, 5) is 0. The molecule has 0 radical (unpaired) electrons. The molecule has 108 valence electrons. The first-order valence-corrected chi connectivity index (χ1v) is 7.56. The van der Waals surface area contributed by atoms with E-state index >= 15 is 0 Å². The molecule has 1 aromatic carbocycles. The Hall–Kier alpha value is -0.730. The minimum Gasteiger partial charge on any atom is -0.494 e. The molecule has 1 rings (SSSR count). The van der Waals surface area contributed by atoms with Gasteiger partial charge in [0.05, 0.1) is 6.61 Å². The van der Waals surface area contributed by atoms with Gasteiger partial charge in [-0.05, 0) is 69.7 Å². The van der Waals surface area contributed by atoms with Crippen LogP contribution in [-0.2, 0) is 0 Å². The Morgan fingerprint density at radius 2 is 2.00 bits per heavy atom. The summed E-state index contributed by atoms with van der Waals surface area (Å²) in [5, 5.41) is 0.865. The topological polar surface area (TPSA) is 35.2 Å². The molecule has 1 atom stereocenters. The molecule has 19 heavy (non-hydrogen) atoms. The van der Waals surface area contributed by atoms with Crippen molar-refractivity contribution in [1.82, 2.24) is 0 Å². The van der Waals surface area contributed by atoms with E-state index < -0.39 is 0 Å². The van der Waals surface area contributed by atoms with Gasteiger partial charge in [-0.3, -0.25) is 0 Å². The number of halogens is 1. The summed E-state index contributed by atoms with van der Waals surface area (Å²) in [5.74, 6) is 1.47. The number of ether oxygens (including phenoxy) is 1. The zero-order chi connectivity index (χ0) is 14.4. The molecule has 0 heterocycles. The molecule has 0 bridgehead atoms. The van der Waals surface area contributed by atoms with Gasteiger partial charge < -0.3 is 10.5 Å². The third-order valence-corrected chi connectivity index (χ3v) is 4.23. The molecule has 0 aliphatic heterocycles. The number of nitrogens with two attached hydrogens (primary N) is 1. The highest BCUT2D eigenvalue weighted by Gasteiger charge is 2.20. The lowest BCUT2D eigenvalue weighted by Crippen LogP contribution is -2.08. The molecule has 2 N–H and O–H groups in total. The standard InChI is InChI=1S/C16H26ClNO/c1-5-13(8-7-9-18)15-12(4)16(17)11(3)10-14(15)19-6-2/h10,13H,5-9,18H2,1-4H3. The van der Waals surface area contributed by atoms with Gasteiger partial charge in [-0.1, -0.05) is 18.5 Å². The van der Waals surface area contributed by atoms with Crippen LogP contribution < -0.4 is 10.5 Å². The van der Waals surface area contributed by atoms with E-state index in [0.717, 1.165) is 47.7 Å². The van der Waals surface area contributed by atoms with Crippen molar-refractivity contribution in [3.8, 4) is 5.75 Å². The van der Waals surface area contributed by atoms with Crippen molar-refractivity contribution in [3.05, 3.63) is 27.8 Å². The summed E-state index contributed by atoms with van der Waals surface area (Å²) in [6.07, 6.45) is 3.21. The van der Waals surface area contributed by atoms with Crippen LogP contribution in [0.2, 0.25) is 5.02 Å². The molecule has 0 spiro atoms. The summed E-state index contributed by atoms with van der Waals surface area (Å²) in [5.41, 5.74) is 9.16. The smallest absolute Gasteiger partial charge is 0.123 e. The van der Waals surface area contributed by atoms with Gasteiger partial charge in [-0.2, -0.15) is 0 Å². The number of rotatable bonds is 7. The maximum atomic E-state index is 6.41. The Bertz CT molecular complexity index is 418. The average molecular weight is 284 g/mol. The van der Waals surface area contributed by atoms with Gasteiger partial charge in [-0.25, -0.2) is 0 Å². The molecule has 1 unspecified atom stereocenters. The second kappa shape index (κ2) is 7.76. The van der Waals surface area contributed by atoms with Gasteiger partial charge in [0.1, 0.15) is 5.75 Å². The number of hydrogen-bond donors (Lipinski definition) is 1. The van der Waals surface area contributed by atoms with Gasteiger partial charge in [0.25, 0.3) is 0 Å². The molecule has 0 aromatic heterocycles. The van der Waals surface area contributed by atoms with Crippen molar-refractivity contribution in [1.29, 1.82) is 0 Å². The predicted octanol–water partition coefficient (Wildman–Crippen LogP) is 4.59. The normalized spacial score (nSPS) is 12.5. The number of hydrogen-bond acceptors (Lipinski definition) is 2. The van der Waals surface area contributed by atoms with Crippen molar-refractivity contribution in [2.45, 2.75) is 52.9 Å². The molecule has 0 saturated heterocycles. The highest BCUT2D eigenvalue weighted by molar-refractivity contribution is 6.32. The summed E-state index contributed by atoms with van der Waals surface area (Å²) < 4.78 is 5.83. The molecule has 1 aromatic rings. The highest BCUT2D eigenvalue weighted by atomic mass is 35.5. The fraction of sp³-hybridized carbons (Fsp3) is 0.625. The Balaban J connectivity index is 3.24. The Morgan fingerprint density at radius 1 is 1.32 bits per heavy atom. The number of aryl methyl sites for hydroxylation is 1. The zero-order valence-electron chi connectivity index (χ0n) is 12.6. The van der Waals surface area contributed by atoms with E-state index in [4.69, 9.17) is 22.1 Å². The minimum absolute atomic E-state index is 0.475. The van der Waals surface area contributed by atoms with Crippen LogP contribution >= 0.6 is 11.6 Å². The maximum Gasteiger partial charge on any atom is 0.123 e. The Labute approximate surface area is 122 Å². The molecule has 2 nitrogen and oxygen atoms in total. The van der Waals surface area contributed by atoms with Crippen LogP contribution in [0.5, 0.6) is 5.75 Å². The van der Waals surface area contributed by atoms with Crippen LogP contribution in [0, 0.1) is 13.8 Å². The van der Waals surface area contributed by atoms with Crippen LogP contribution in [-0.4, -0.2) is 13.2 Å². The largest absolute Gasteiger partial charge is 0.494 e. The van der Waals surface area contributed by atoms with Gasteiger partial charge in [0.15, 0.2) is 0 Å². The molecule has 0 aliphatic rings. The summed E-state index contributed by atoms with van der Waals surface area (Å²) in [6, 6.07) is 2.07. The van der Waals surface area contributed by atoms with Crippen molar-refractivity contribution in [2.24, 2.45) is 5.73 Å². The van der Waals surface area contributed by atoms with Gasteiger partial charge in [-0.15, -0.1) is 0 Å². The SMILES string of the molecule is CCOc1cc(C)c(Cl)c(C)c1C(CC)CCCN. The van der Waals surface area contributed by atoms with E-state index in [2.05, 4.69) is 19.9 Å². The first-order chi connectivity index (χ1) is 9.06. The van der Waals surface area contributed by atoms with E-state index in [-0.39, 0.29) is 0 Å². The third kappa shape index (κ3) is 3.87. The van der Waals surface area contributed by atoms with Crippen molar-refractivity contribution in [3.63, 3.8) is 0 Å². The molecular weight excluding hydrogens is 258 g/mol. The number of benzene rings is 1. The van der Waals surface area contributed by atoms with Crippen LogP contribution in [0.25, 0.3) is 0 Å². The van der Waals surface area contributed by atoms with E-state index in [1.807, 2.05) is 13.8 Å². The first kappa shape index (κ1) is 16.3. The zero-order valence-corrected chi connectivity index (χ0v) is 13.3. The van der Waals surface area contributed by atoms with Gasteiger partial charge in [0.2, 0.25) is 0 Å².